The maximum atomic E-state index is 11.4. The van der Waals surface area contributed by atoms with Crippen LogP contribution in [-0.4, -0.2) is 42.7 Å². The molecule has 2 atom stereocenters. The van der Waals surface area contributed by atoms with Gasteiger partial charge >= 0.3 is 0 Å². The van der Waals surface area contributed by atoms with Gasteiger partial charge in [0, 0.05) is 6.04 Å². The number of rotatable bonds is 3. The summed E-state index contributed by atoms with van der Waals surface area (Å²) in [7, 11) is 0. The van der Waals surface area contributed by atoms with Crippen molar-refractivity contribution < 1.29 is 19.4 Å². The van der Waals surface area contributed by atoms with E-state index >= 15 is 0 Å². The molecule has 0 aliphatic carbocycles. The molecule has 0 spiro atoms. The van der Waals surface area contributed by atoms with Crippen molar-refractivity contribution in [2.45, 2.75) is 32.1 Å². The van der Waals surface area contributed by atoms with Crippen molar-refractivity contribution >= 4 is 5.91 Å². The van der Waals surface area contributed by atoms with E-state index in [-0.39, 0.29) is 25.3 Å². The van der Waals surface area contributed by atoms with Crippen molar-refractivity contribution in [3.05, 3.63) is 0 Å². The van der Waals surface area contributed by atoms with Gasteiger partial charge in [0.1, 0.15) is 12.9 Å². The average Bonchev–Trinajstić information content (AvgIpc) is 2.49. The molecule has 1 heterocycles. The average molecular weight is 189 g/mol. The summed E-state index contributed by atoms with van der Waals surface area (Å²) in [5.41, 5.74) is 0. The zero-order valence-electron chi connectivity index (χ0n) is 7.82. The van der Waals surface area contributed by atoms with E-state index in [1.165, 1.54) is 0 Å². The Labute approximate surface area is 77.0 Å². The van der Waals surface area contributed by atoms with E-state index in [0.29, 0.717) is 0 Å². The molecule has 0 bridgehead atoms. The van der Waals surface area contributed by atoms with Crippen LogP contribution in [0.3, 0.4) is 0 Å². The minimum Gasteiger partial charge on any atom is -0.394 e. The lowest BCUT2D eigenvalue weighted by atomic mass is 10.2. The van der Waals surface area contributed by atoms with Crippen LogP contribution < -0.4 is 5.32 Å². The van der Waals surface area contributed by atoms with Gasteiger partial charge in [0.25, 0.3) is 5.91 Å². The molecule has 13 heavy (non-hydrogen) atoms. The van der Waals surface area contributed by atoms with Crippen LogP contribution in [0.1, 0.15) is 13.8 Å². The molecule has 0 aromatic rings. The van der Waals surface area contributed by atoms with Gasteiger partial charge in [0.15, 0.2) is 6.10 Å². The standard InChI is InChI=1S/C8H15NO4/c1-5(2)9-8(11)7-6(3-10)12-4-13-7/h5-7,10H,3-4H2,1-2H3,(H,9,11)/t6-,7+/m0/s1. The Bertz CT molecular complexity index is 183. The zero-order valence-corrected chi connectivity index (χ0v) is 7.82. The molecule has 0 aromatic carbocycles. The van der Waals surface area contributed by atoms with Crippen LogP contribution in [0.25, 0.3) is 0 Å². The highest BCUT2D eigenvalue weighted by molar-refractivity contribution is 5.81. The molecular weight excluding hydrogens is 174 g/mol. The molecule has 1 fully saturated rings. The molecule has 5 heteroatoms. The Hall–Kier alpha value is -0.650. The van der Waals surface area contributed by atoms with Crippen molar-refractivity contribution in [1.29, 1.82) is 0 Å². The molecule has 1 aliphatic rings. The highest BCUT2D eigenvalue weighted by Gasteiger charge is 2.34. The number of aliphatic hydroxyl groups is 1. The van der Waals surface area contributed by atoms with Gasteiger partial charge in [-0.25, -0.2) is 0 Å². The van der Waals surface area contributed by atoms with Crippen LogP contribution in [0.4, 0.5) is 0 Å². The Morgan fingerprint density at radius 1 is 1.62 bits per heavy atom. The fourth-order valence-electron chi connectivity index (χ4n) is 1.15. The van der Waals surface area contributed by atoms with E-state index < -0.39 is 12.2 Å². The molecule has 0 aromatic heterocycles. The van der Waals surface area contributed by atoms with Gasteiger partial charge in [-0.2, -0.15) is 0 Å². The number of hydrogen-bond donors (Lipinski definition) is 2. The summed E-state index contributed by atoms with van der Waals surface area (Å²) in [5.74, 6) is -0.230. The smallest absolute Gasteiger partial charge is 0.252 e. The lowest BCUT2D eigenvalue weighted by molar-refractivity contribution is -0.131. The predicted octanol–water partition coefficient (Wildman–Crippen LogP) is -0.755. The Morgan fingerprint density at radius 2 is 2.31 bits per heavy atom. The molecule has 0 saturated carbocycles. The van der Waals surface area contributed by atoms with Crippen molar-refractivity contribution in [1.82, 2.24) is 5.32 Å². The Kier molecular flexibility index (Phi) is 3.65. The largest absolute Gasteiger partial charge is 0.394 e. The van der Waals surface area contributed by atoms with Gasteiger partial charge in [0.05, 0.1) is 6.61 Å². The first-order chi connectivity index (χ1) is 6.15. The zero-order chi connectivity index (χ0) is 9.84. The SMILES string of the molecule is CC(C)NC(=O)[C@@H]1OCO[C@H]1CO. The monoisotopic (exact) mass is 189 g/mol. The lowest BCUT2D eigenvalue weighted by Crippen LogP contribution is -2.44. The number of ether oxygens (including phenoxy) is 2. The highest BCUT2D eigenvalue weighted by atomic mass is 16.7. The van der Waals surface area contributed by atoms with Gasteiger partial charge < -0.3 is 19.9 Å². The van der Waals surface area contributed by atoms with Crippen molar-refractivity contribution in [2.24, 2.45) is 0 Å². The minimum atomic E-state index is -0.674. The van der Waals surface area contributed by atoms with E-state index in [4.69, 9.17) is 14.6 Å². The first kappa shape index (κ1) is 10.4. The molecular formula is C8H15NO4. The van der Waals surface area contributed by atoms with E-state index in [1.54, 1.807) is 0 Å². The van der Waals surface area contributed by atoms with Gasteiger partial charge in [-0.05, 0) is 13.8 Å². The molecule has 76 valence electrons. The molecule has 5 nitrogen and oxygen atoms in total. The third-order valence-electron chi connectivity index (χ3n) is 1.74. The topological polar surface area (TPSA) is 67.8 Å². The maximum absolute atomic E-state index is 11.4. The predicted molar refractivity (Wildman–Crippen MR) is 45.0 cm³/mol. The number of carbonyl (C=O) groups excluding carboxylic acids is 1. The van der Waals surface area contributed by atoms with Crippen LogP contribution >= 0.6 is 0 Å². The number of aliphatic hydroxyl groups excluding tert-OH is 1. The second-order valence-corrected chi connectivity index (χ2v) is 3.26. The van der Waals surface area contributed by atoms with Gasteiger partial charge in [-0.1, -0.05) is 0 Å². The van der Waals surface area contributed by atoms with Gasteiger partial charge in [-0.3, -0.25) is 4.79 Å². The molecule has 0 unspecified atom stereocenters. The first-order valence-corrected chi connectivity index (χ1v) is 4.29. The lowest BCUT2D eigenvalue weighted by Gasteiger charge is -2.16. The maximum Gasteiger partial charge on any atom is 0.252 e. The molecule has 1 rings (SSSR count). The highest BCUT2D eigenvalue weighted by Crippen LogP contribution is 2.12. The van der Waals surface area contributed by atoms with E-state index in [1.807, 2.05) is 13.8 Å². The summed E-state index contributed by atoms with van der Waals surface area (Å²) < 4.78 is 10.0. The quantitative estimate of drug-likeness (QED) is 0.612. The number of hydrogen-bond acceptors (Lipinski definition) is 4. The van der Waals surface area contributed by atoms with Crippen molar-refractivity contribution in [3.8, 4) is 0 Å². The Morgan fingerprint density at radius 3 is 2.85 bits per heavy atom. The van der Waals surface area contributed by atoms with Crippen LogP contribution in [0.15, 0.2) is 0 Å². The molecule has 1 aliphatic heterocycles. The molecule has 0 radical (unpaired) electrons. The first-order valence-electron chi connectivity index (χ1n) is 4.29. The molecule has 1 amide bonds. The fraction of sp³-hybridized carbons (Fsp3) is 0.875. The van der Waals surface area contributed by atoms with Crippen molar-refractivity contribution in [3.63, 3.8) is 0 Å². The van der Waals surface area contributed by atoms with Crippen LogP contribution in [0.2, 0.25) is 0 Å². The second-order valence-electron chi connectivity index (χ2n) is 3.26. The van der Waals surface area contributed by atoms with Crippen LogP contribution in [0.5, 0.6) is 0 Å². The molecule has 2 N–H and O–H groups in total. The van der Waals surface area contributed by atoms with E-state index in [9.17, 15) is 4.79 Å². The summed E-state index contributed by atoms with van der Waals surface area (Å²) in [6, 6.07) is 0.0658. The van der Waals surface area contributed by atoms with Gasteiger partial charge in [-0.15, -0.1) is 0 Å². The van der Waals surface area contributed by atoms with Crippen LogP contribution in [-0.2, 0) is 14.3 Å². The number of amides is 1. The summed E-state index contributed by atoms with van der Waals surface area (Å²) in [4.78, 5) is 11.4. The van der Waals surface area contributed by atoms with E-state index in [0.717, 1.165) is 0 Å². The van der Waals surface area contributed by atoms with Crippen LogP contribution in [0, 0.1) is 0 Å². The van der Waals surface area contributed by atoms with E-state index in [2.05, 4.69) is 5.32 Å². The number of carbonyl (C=O) groups is 1. The normalized spacial score (nSPS) is 28.0. The third kappa shape index (κ3) is 2.65. The minimum absolute atomic E-state index is 0.0658. The van der Waals surface area contributed by atoms with Crippen molar-refractivity contribution in [2.75, 3.05) is 13.4 Å². The van der Waals surface area contributed by atoms with Gasteiger partial charge in [0.2, 0.25) is 0 Å². The fourth-order valence-corrected chi connectivity index (χ4v) is 1.15. The number of nitrogens with one attached hydrogen (secondary N) is 1. The third-order valence-corrected chi connectivity index (χ3v) is 1.74. The Balaban J connectivity index is 2.45. The summed E-state index contributed by atoms with van der Waals surface area (Å²) >= 11 is 0. The molecule has 1 saturated heterocycles. The summed E-state index contributed by atoms with van der Waals surface area (Å²) in [6.07, 6.45) is -1.20. The summed E-state index contributed by atoms with van der Waals surface area (Å²) in [5, 5.41) is 11.5. The summed E-state index contributed by atoms with van der Waals surface area (Å²) in [6.45, 7) is 3.60. The second kappa shape index (κ2) is 4.55.